The molecule has 1 aliphatic rings. The van der Waals surface area contributed by atoms with E-state index < -0.39 is 12.0 Å². The number of hydrogen-bond donors (Lipinski definition) is 2. The van der Waals surface area contributed by atoms with Gasteiger partial charge in [0.1, 0.15) is 6.04 Å². The van der Waals surface area contributed by atoms with E-state index >= 15 is 0 Å². The molecule has 2 N–H and O–H groups in total. The lowest BCUT2D eigenvalue weighted by Gasteiger charge is -2.16. The SMILES string of the molecule is C/C=C/C(=O)N[C@@H](CC1C=CSC1)C(=O)O. The van der Waals surface area contributed by atoms with Crippen LogP contribution in [0.25, 0.3) is 0 Å². The van der Waals surface area contributed by atoms with Crippen molar-refractivity contribution in [3.63, 3.8) is 0 Å². The molecule has 0 radical (unpaired) electrons. The molecule has 16 heavy (non-hydrogen) atoms. The van der Waals surface area contributed by atoms with Crippen LogP contribution in [0, 0.1) is 5.92 Å². The summed E-state index contributed by atoms with van der Waals surface area (Å²) in [5.74, 6) is -0.215. The van der Waals surface area contributed by atoms with Gasteiger partial charge in [0.15, 0.2) is 0 Å². The minimum atomic E-state index is -0.983. The molecule has 0 bridgehead atoms. The maximum absolute atomic E-state index is 11.2. The summed E-state index contributed by atoms with van der Waals surface area (Å²) in [5.41, 5.74) is 0. The Morgan fingerprint density at radius 3 is 2.94 bits per heavy atom. The van der Waals surface area contributed by atoms with Crippen LogP contribution in [-0.4, -0.2) is 28.8 Å². The van der Waals surface area contributed by atoms with Gasteiger partial charge in [-0.3, -0.25) is 4.79 Å². The van der Waals surface area contributed by atoms with Crippen LogP contribution >= 0.6 is 11.8 Å². The lowest BCUT2D eigenvalue weighted by molar-refractivity contribution is -0.141. The summed E-state index contributed by atoms with van der Waals surface area (Å²) in [7, 11) is 0. The van der Waals surface area contributed by atoms with Crippen LogP contribution in [0.2, 0.25) is 0 Å². The predicted molar refractivity (Wildman–Crippen MR) is 64.1 cm³/mol. The number of allylic oxidation sites excluding steroid dienone is 2. The monoisotopic (exact) mass is 241 g/mol. The smallest absolute Gasteiger partial charge is 0.326 e. The number of hydrogen-bond acceptors (Lipinski definition) is 3. The number of carbonyl (C=O) groups excluding carboxylic acids is 1. The molecule has 0 spiro atoms. The number of carbonyl (C=O) groups is 2. The number of carboxylic acids is 1. The topological polar surface area (TPSA) is 66.4 Å². The molecule has 5 heteroatoms. The summed E-state index contributed by atoms with van der Waals surface area (Å²) < 4.78 is 0. The maximum Gasteiger partial charge on any atom is 0.326 e. The van der Waals surface area contributed by atoms with Gasteiger partial charge in [-0.1, -0.05) is 12.2 Å². The van der Waals surface area contributed by atoms with E-state index in [-0.39, 0.29) is 11.8 Å². The van der Waals surface area contributed by atoms with Gasteiger partial charge in [-0.2, -0.15) is 0 Å². The van der Waals surface area contributed by atoms with Crippen molar-refractivity contribution in [1.82, 2.24) is 5.32 Å². The van der Waals surface area contributed by atoms with Crippen LogP contribution in [0.4, 0.5) is 0 Å². The Morgan fingerprint density at radius 1 is 1.69 bits per heavy atom. The molecule has 0 fully saturated rings. The highest BCUT2D eigenvalue weighted by Crippen LogP contribution is 2.24. The highest BCUT2D eigenvalue weighted by atomic mass is 32.2. The molecule has 4 nitrogen and oxygen atoms in total. The van der Waals surface area contributed by atoms with Gasteiger partial charge >= 0.3 is 5.97 Å². The predicted octanol–water partition coefficient (Wildman–Crippen LogP) is 1.40. The van der Waals surface area contributed by atoms with E-state index in [0.29, 0.717) is 6.42 Å². The van der Waals surface area contributed by atoms with Crippen molar-refractivity contribution in [3.8, 4) is 0 Å². The van der Waals surface area contributed by atoms with Gasteiger partial charge in [0.25, 0.3) is 0 Å². The van der Waals surface area contributed by atoms with Crippen LogP contribution < -0.4 is 5.32 Å². The zero-order chi connectivity index (χ0) is 12.0. The summed E-state index contributed by atoms with van der Waals surface area (Å²) in [6.45, 7) is 1.71. The molecule has 1 aliphatic heterocycles. The van der Waals surface area contributed by atoms with Gasteiger partial charge in [0, 0.05) is 5.75 Å². The summed E-state index contributed by atoms with van der Waals surface area (Å²) in [4.78, 5) is 22.2. The van der Waals surface area contributed by atoms with Crippen LogP contribution in [-0.2, 0) is 9.59 Å². The van der Waals surface area contributed by atoms with Crippen molar-refractivity contribution in [2.45, 2.75) is 19.4 Å². The fourth-order valence-electron chi connectivity index (χ4n) is 1.44. The van der Waals surface area contributed by atoms with Crippen molar-refractivity contribution in [3.05, 3.63) is 23.6 Å². The van der Waals surface area contributed by atoms with Crippen molar-refractivity contribution in [2.24, 2.45) is 5.92 Å². The largest absolute Gasteiger partial charge is 0.480 e. The molecule has 0 aromatic carbocycles. The number of carboxylic acid groups (broad SMARTS) is 1. The summed E-state index contributed by atoms with van der Waals surface area (Å²) in [5, 5.41) is 13.4. The molecular weight excluding hydrogens is 226 g/mol. The third-order valence-corrected chi connectivity index (χ3v) is 3.20. The third kappa shape index (κ3) is 4.10. The van der Waals surface area contributed by atoms with Gasteiger partial charge in [-0.25, -0.2) is 4.79 Å². The first-order chi connectivity index (χ1) is 7.63. The Balaban J connectivity index is 2.50. The van der Waals surface area contributed by atoms with E-state index in [9.17, 15) is 9.59 Å². The second kappa shape index (κ2) is 6.37. The zero-order valence-electron chi connectivity index (χ0n) is 9.05. The summed E-state index contributed by atoms with van der Waals surface area (Å²) >= 11 is 1.66. The molecule has 1 unspecified atom stereocenters. The molecule has 0 aromatic rings. The zero-order valence-corrected chi connectivity index (χ0v) is 9.87. The van der Waals surface area contributed by atoms with Gasteiger partial charge in [-0.05, 0) is 30.7 Å². The van der Waals surface area contributed by atoms with Crippen molar-refractivity contribution < 1.29 is 14.7 Å². The highest BCUT2D eigenvalue weighted by molar-refractivity contribution is 8.02. The summed E-state index contributed by atoms with van der Waals surface area (Å²) in [6.07, 6.45) is 5.35. The number of amides is 1. The highest BCUT2D eigenvalue weighted by Gasteiger charge is 2.23. The van der Waals surface area contributed by atoms with E-state index in [1.807, 2.05) is 11.5 Å². The van der Waals surface area contributed by atoms with Gasteiger partial charge < -0.3 is 10.4 Å². The second-order valence-corrected chi connectivity index (χ2v) is 4.50. The lowest BCUT2D eigenvalue weighted by Crippen LogP contribution is -2.41. The fourth-order valence-corrected chi connectivity index (χ4v) is 2.38. The molecule has 2 atom stereocenters. The van der Waals surface area contributed by atoms with Gasteiger partial charge in [0.2, 0.25) is 5.91 Å². The molecule has 0 aromatic heterocycles. The average Bonchev–Trinajstić information content (AvgIpc) is 2.69. The minimum Gasteiger partial charge on any atom is -0.480 e. The number of nitrogens with one attached hydrogen (secondary N) is 1. The van der Waals surface area contributed by atoms with E-state index in [1.165, 1.54) is 6.08 Å². The quantitative estimate of drug-likeness (QED) is 0.714. The first-order valence-corrected chi connectivity index (χ1v) is 6.12. The molecule has 1 rings (SSSR count). The lowest BCUT2D eigenvalue weighted by atomic mass is 10.0. The van der Waals surface area contributed by atoms with E-state index in [0.717, 1.165) is 5.75 Å². The summed E-state index contributed by atoms with van der Waals surface area (Å²) in [6, 6.07) is -0.808. The standard InChI is InChI=1S/C11H15NO3S/c1-2-3-10(13)12-9(11(14)15)6-8-4-5-16-7-8/h2-5,8-9H,6-7H2,1H3,(H,12,13)(H,14,15)/b3-2+/t8?,9-/m0/s1. The molecular formula is C11H15NO3S. The minimum absolute atomic E-state index is 0.233. The second-order valence-electron chi connectivity index (χ2n) is 3.56. The average molecular weight is 241 g/mol. The normalized spacial score (nSPS) is 21.2. The number of thioether (sulfide) groups is 1. The maximum atomic E-state index is 11.2. The molecule has 0 saturated carbocycles. The Labute approximate surface area is 98.8 Å². The van der Waals surface area contributed by atoms with E-state index in [1.54, 1.807) is 24.8 Å². The van der Waals surface area contributed by atoms with Crippen molar-refractivity contribution in [2.75, 3.05) is 5.75 Å². The van der Waals surface area contributed by atoms with Crippen LogP contribution in [0.15, 0.2) is 23.6 Å². The molecule has 0 saturated heterocycles. The van der Waals surface area contributed by atoms with E-state index in [4.69, 9.17) is 5.11 Å². The van der Waals surface area contributed by atoms with Gasteiger partial charge in [0.05, 0.1) is 0 Å². The van der Waals surface area contributed by atoms with E-state index in [2.05, 4.69) is 5.32 Å². The van der Waals surface area contributed by atoms with Gasteiger partial charge in [-0.15, -0.1) is 11.8 Å². The molecule has 88 valence electrons. The molecule has 0 aliphatic carbocycles. The van der Waals surface area contributed by atoms with Crippen LogP contribution in [0.1, 0.15) is 13.3 Å². The molecule has 1 amide bonds. The van der Waals surface area contributed by atoms with Crippen molar-refractivity contribution >= 4 is 23.6 Å². The molecule has 1 heterocycles. The number of rotatable bonds is 5. The Kier molecular flexibility index (Phi) is 5.11. The first-order valence-electron chi connectivity index (χ1n) is 5.07. The third-order valence-electron chi connectivity index (χ3n) is 2.23. The Hall–Kier alpha value is -1.23. The fraction of sp³-hybridized carbons (Fsp3) is 0.455. The Bertz CT molecular complexity index is 325. The van der Waals surface area contributed by atoms with Crippen LogP contribution in [0.5, 0.6) is 0 Å². The van der Waals surface area contributed by atoms with Crippen LogP contribution in [0.3, 0.4) is 0 Å². The van der Waals surface area contributed by atoms with Crippen molar-refractivity contribution in [1.29, 1.82) is 0 Å². The number of aliphatic carboxylic acids is 1. The first kappa shape index (κ1) is 12.8. The Morgan fingerprint density at radius 2 is 2.44 bits per heavy atom.